The van der Waals surface area contributed by atoms with Crippen LogP contribution >= 0.6 is 0 Å². The number of benzene rings is 2. The van der Waals surface area contributed by atoms with Crippen LogP contribution in [-0.2, 0) is 6.42 Å². The van der Waals surface area contributed by atoms with Crippen LogP contribution in [0.15, 0.2) is 42.7 Å². The fourth-order valence-electron chi connectivity index (χ4n) is 3.18. The molecule has 0 bridgehead atoms. The number of aromatic nitrogens is 2. The van der Waals surface area contributed by atoms with Crippen LogP contribution in [-0.4, -0.2) is 22.3 Å². The van der Waals surface area contributed by atoms with Crippen LogP contribution in [0.4, 0.5) is 26.3 Å². The summed E-state index contributed by atoms with van der Waals surface area (Å²) < 4.78 is 86.9. The minimum Gasteiger partial charge on any atom is -0.423 e. The van der Waals surface area contributed by atoms with Crippen molar-refractivity contribution in [3.8, 4) is 22.9 Å². The number of alkyl halides is 3. The van der Waals surface area contributed by atoms with E-state index in [1.165, 1.54) is 6.07 Å². The van der Waals surface area contributed by atoms with Gasteiger partial charge in [0.2, 0.25) is 5.75 Å². The highest BCUT2D eigenvalue weighted by Crippen LogP contribution is 2.32. The second-order valence-electron chi connectivity index (χ2n) is 7.57. The first-order chi connectivity index (χ1) is 16.6. The first-order valence-corrected chi connectivity index (χ1v) is 10.6. The van der Waals surface area contributed by atoms with Crippen molar-refractivity contribution in [2.45, 2.75) is 45.4 Å². The summed E-state index contributed by atoms with van der Waals surface area (Å²) in [4.78, 5) is 20.7. The maximum absolute atomic E-state index is 14.6. The first kappa shape index (κ1) is 26.0. The van der Waals surface area contributed by atoms with E-state index in [1.54, 1.807) is 12.4 Å². The number of rotatable bonds is 9. The molecule has 0 N–H and O–H groups in total. The first-order valence-electron chi connectivity index (χ1n) is 10.6. The highest BCUT2D eigenvalue weighted by atomic mass is 19.4. The predicted octanol–water partition coefficient (Wildman–Crippen LogP) is 6.80. The van der Waals surface area contributed by atoms with Gasteiger partial charge in [0, 0.05) is 30.1 Å². The van der Waals surface area contributed by atoms with E-state index in [0.29, 0.717) is 12.1 Å². The Morgan fingerprint density at radius 2 is 1.57 bits per heavy atom. The molecule has 5 nitrogen and oxygen atoms in total. The van der Waals surface area contributed by atoms with Gasteiger partial charge in [-0.3, -0.25) is 0 Å². The number of esters is 1. The normalized spacial score (nSPS) is 11.4. The number of hydrogen-bond donors (Lipinski definition) is 0. The molecule has 0 spiro atoms. The summed E-state index contributed by atoms with van der Waals surface area (Å²) in [6.07, 6.45) is 3.16. The third-order valence-electron chi connectivity index (χ3n) is 4.87. The molecule has 0 atom stereocenters. The van der Waals surface area contributed by atoms with Crippen LogP contribution < -0.4 is 9.47 Å². The minimum atomic E-state index is -5.33. The number of ether oxygens (including phenoxy) is 2. The molecule has 0 aliphatic rings. The van der Waals surface area contributed by atoms with E-state index < -0.39 is 46.8 Å². The molecule has 186 valence electrons. The van der Waals surface area contributed by atoms with Gasteiger partial charge in [-0.15, -0.1) is 13.2 Å². The Morgan fingerprint density at radius 1 is 0.914 bits per heavy atom. The van der Waals surface area contributed by atoms with E-state index in [1.807, 2.05) is 0 Å². The van der Waals surface area contributed by atoms with E-state index in [2.05, 4.69) is 21.6 Å². The van der Waals surface area contributed by atoms with Crippen LogP contribution in [0.25, 0.3) is 11.4 Å². The van der Waals surface area contributed by atoms with E-state index >= 15 is 0 Å². The Bertz CT molecular complexity index is 1160. The Balaban J connectivity index is 1.70. The highest BCUT2D eigenvalue weighted by Gasteiger charge is 2.34. The Morgan fingerprint density at radius 3 is 2.14 bits per heavy atom. The van der Waals surface area contributed by atoms with Crippen molar-refractivity contribution in [1.29, 1.82) is 0 Å². The Kier molecular flexibility index (Phi) is 8.31. The van der Waals surface area contributed by atoms with Crippen molar-refractivity contribution < 1.29 is 40.6 Å². The van der Waals surface area contributed by atoms with Crippen molar-refractivity contribution in [3.63, 3.8) is 0 Å². The molecule has 3 rings (SSSR count). The highest BCUT2D eigenvalue weighted by molar-refractivity contribution is 5.91. The third kappa shape index (κ3) is 7.17. The van der Waals surface area contributed by atoms with Crippen molar-refractivity contribution in [2.24, 2.45) is 0 Å². The van der Waals surface area contributed by atoms with Gasteiger partial charge in [0.25, 0.3) is 0 Å². The fraction of sp³-hybridized carbons (Fsp3) is 0.292. The smallest absolute Gasteiger partial charge is 0.423 e. The lowest BCUT2D eigenvalue weighted by atomic mass is 10.1. The lowest BCUT2D eigenvalue weighted by Crippen LogP contribution is -2.19. The van der Waals surface area contributed by atoms with Gasteiger partial charge >= 0.3 is 12.3 Å². The number of nitrogens with zero attached hydrogens (tertiary/aromatic N) is 2. The van der Waals surface area contributed by atoms with Gasteiger partial charge in [0.1, 0.15) is 11.6 Å². The van der Waals surface area contributed by atoms with E-state index in [0.717, 1.165) is 49.8 Å². The Labute approximate surface area is 196 Å². The quantitative estimate of drug-likeness (QED) is 0.141. The largest absolute Gasteiger partial charge is 0.573 e. The summed E-state index contributed by atoms with van der Waals surface area (Å²) in [7, 11) is 0. The molecule has 0 aliphatic carbocycles. The van der Waals surface area contributed by atoms with E-state index in [-0.39, 0.29) is 11.4 Å². The minimum absolute atomic E-state index is 0.227. The van der Waals surface area contributed by atoms with E-state index in [4.69, 9.17) is 4.74 Å². The average Bonchev–Trinajstić information content (AvgIpc) is 2.79. The van der Waals surface area contributed by atoms with Gasteiger partial charge in [0.05, 0.1) is 5.56 Å². The lowest BCUT2D eigenvalue weighted by molar-refractivity contribution is -0.276. The number of carbonyl (C=O) groups is 1. The van der Waals surface area contributed by atoms with Crippen molar-refractivity contribution in [2.75, 3.05) is 0 Å². The number of hydrogen-bond acceptors (Lipinski definition) is 5. The number of carbonyl (C=O) groups excluding carboxylic acids is 1. The molecule has 0 saturated heterocycles. The molecule has 0 fully saturated rings. The van der Waals surface area contributed by atoms with Gasteiger partial charge in [-0.1, -0.05) is 32.3 Å². The summed E-state index contributed by atoms with van der Waals surface area (Å²) >= 11 is 0. The summed E-state index contributed by atoms with van der Waals surface area (Å²) in [5, 5.41) is 0. The summed E-state index contributed by atoms with van der Waals surface area (Å²) in [5.41, 5.74) is 0.650. The summed E-state index contributed by atoms with van der Waals surface area (Å²) in [6, 6.07) is 4.05. The molecule has 0 radical (unpaired) electrons. The zero-order valence-corrected chi connectivity index (χ0v) is 18.5. The lowest BCUT2D eigenvalue weighted by Gasteiger charge is -2.12. The molecular formula is C24H20F6N2O3. The van der Waals surface area contributed by atoms with Crippen molar-refractivity contribution in [1.82, 2.24) is 9.97 Å². The maximum atomic E-state index is 14.6. The predicted molar refractivity (Wildman–Crippen MR) is 113 cm³/mol. The summed E-state index contributed by atoms with van der Waals surface area (Å²) in [6.45, 7) is 2.12. The topological polar surface area (TPSA) is 61.3 Å². The standard InChI is InChI=1S/C24H20F6N2O3/c1-2-3-4-5-6-14-12-31-22(32-13-14)15-7-8-17(18(25)9-15)23(33)34-16-10-19(26)21(20(27)11-16)35-24(28,29)30/h7-13H,2-6H2,1H3. The van der Waals surface area contributed by atoms with Gasteiger partial charge in [-0.25, -0.2) is 27.9 Å². The van der Waals surface area contributed by atoms with Crippen LogP contribution in [0.3, 0.4) is 0 Å². The second-order valence-corrected chi connectivity index (χ2v) is 7.57. The second kappa shape index (κ2) is 11.2. The van der Waals surface area contributed by atoms with Crippen LogP contribution in [0.2, 0.25) is 0 Å². The third-order valence-corrected chi connectivity index (χ3v) is 4.87. The molecule has 0 saturated carbocycles. The zero-order valence-electron chi connectivity index (χ0n) is 18.5. The summed E-state index contributed by atoms with van der Waals surface area (Å²) in [5.74, 6) is -8.11. The molecule has 1 heterocycles. The molecule has 2 aromatic carbocycles. The maximum Gasteiger partial charge on any atom is 0.573 e. The Hall–Kier alpha value is -3.63. The number of unbranched alkanes of at least 4 members (excludes halogenated alkanes) is 3. The van der Waals surface area contributed by atoms with E-state index in [9.17, 15) is 31.1 Å². The molecule has 0 aliphatic heterocycles. The van der Waals surface area contributed by atoms with Gasteiger partial charge in [0.15, 0.2) is 17.5 Å². The molecule has 35 heavy (non-hydrogen) atoms. The SMILES string of the molecule is CCCCCCc1cnc(-c2ccc(C(=O)Oc3cc(F)c(OC(F)(F)F)c(F)c3)c(F)c2)nc1. The molecule has 11 heteroatoms. The fourth-order valence-corrected chi connectivity index (χ4v) is 3.18. The number of aryl methyl sites for hydroxylation is 1. The number of halogens is 6. The van der Waals surface area contributed by atoms with Crippen LogP contribution in [0.5, 0.6) is 11.5 Å². The monoisotopic (exact) mass is 498 g/mol. The van der Waals surface area contributed by atoms with Crippen molar-refractivity contribution in [3.05, 3.63) is 71.3 Å². The molecular weight excluding hydrogens is 478 g/mol. The molecule has 0 amide bonds. The molecule has 1 aromatic heterocycles. The van der Waals surface area contributed by atoms with Crippen molar-refractivity contribution >= 4 is 5.97 Å². The van der Waals surface area contributed by atoms with Crippen LogP contribution in [0.1, 0.15) is 48.5 Å². The zero-order chi connectivity index (χ0) is 25.6. The average molecular weight is 498 g/mol. The molecule has 3 aromatic rings. The van der Waals surface area contributed by atoms with Crippen LogP contribution in [0, 0.1) is 17.5 Å². The van der Waals surface area contributed by atoms with Gasteiger partial charge in [-0.2, -0.15) is 0 Å². The molecule has 0 unspecified atom stereocenters. The van der Waals surface area contributed by atoms with Gasteiger partial charge < -0.3 is 9.47 Å². The van der Waals surface area contributed by atoms with Gasteiger partial charge in [-0.05, 0) is 30.5 Å².